The number of nitrogens with zero attached hydrogens (tertiary/aromatic N) is 1. The van der Waals surface area contributed by atoms with Gasteiger partial charge in [0, 0.05) is 23.5 Å². The molecule has 0 bridgehead atoms. The van der Waals surface area contributed by atoms with Gasteiger partial charge in [-0.05, 0) is 42.9 Å². The first-order chi connectivity index (χ1) is 10.6. The van der Waals surface area contributed by atoms with Crippen molar-refractivity contribution in [2.75, 3.05) is 6.54 Å². The molecule has 0 radical (unpaired) electrons. The Balaban J connectivity index is 1.70. The first-order valence-electron chi connectivity index (χ1n) is 7.84. The van der Waals surface area contributed by atoms with Gasteiger partial charge in [0.25, 0.3) is 0 Å². The molecule has 2 atom stereocenters. The van der Waals surface area contributed by atoms with E-state index in [1.165, 1.54) is 11.1 Å². The van der Waals surface area contributed by atoms with Crippen molar-refractivity contribution in [1.29, 1.82) is 0 Å². The second-order valence-corrected chi connectivity index (χ2v) is 7.14. The Hall–Kier alpha value is -1.36. The highest BCUT2D eigenvalue weighted by atomic mass is 79.9. The molecule has 1 heterocycles. The summed E-state index contributed by atoms with van der Waals surface area (Å²) in [4.78, 5) is 25.8. The molecule has 5 heteroatoms. The average molecular weight is 366 g/mol. The van der Waals surface area contributed by atoms with Crippen molar-refractivity contribution >= 4 is 27.8 Å². The summed E-state index contributed by atoms with van der Waals surface area (Å²) < 4.78 is 1.11. The quantitative estimate of drug-likeness (QED) is 0.875. The van der Waals surface area contributed by atoms with Crippen LogP contribution in [0, 0.1) is 11.8 Å². The minimum absolute atomic E-state index is 0.122. The fraction of sp³-hybridized carbons (Fsp3) is 0.529. The van der Waals surface area contributed by atoms with Gasteiger partial charge in [0.05, 0.1) is 5.92 Å². The van der Waals surface area contributed by atoms with Gasteiger partial charge in [-0.3, -0.25) is 9.59 Å². The molecule has 1 fully saturated rings. The summed E-state index contributed by atoms with van der Waals surface area (Å²) in [6.45, 7) is 1.37. The molecule has 22 heavy (non-hydrogen) atoms. The molecular formula is C17H20BrNO3. The van der Waals surface area contributed by atoms with E-state index in [-0.39, 0.29) is 17.7 Å². The van der Waals surface area contributed by atoms with Crippen LogP contribution in [0.5, 0.6) is 0 Å². The van der Waals surface area contributed by atoms with Gasteiger partial charge in [-0.2, -0.15) is 0 Å². The van der Waals surface area contributed by atoms with E-state index in [2.05, 4.69) is 22.0 Å². The topological polar surface area (TPSA) is 57.6 Å². The van der Waals surface area contributed by atoms with Crippen LogP contribution < -0.4 is 0 Å². The van der Waals surface area contributed by atoms with Crippen molar-refractivity contribution in [3.63, 3.8) is 0 Å². The third kappa shape index (κ3) is 3.05. The normalized spacial score (nSPS) is 24.7. The Morgan fingerprint density at radius 2 is 2.00 bits per heavy atom. The van der Waals surface area contributed by atoms with Gasteiger partial charge in [-0.1, -0.05) is 34.5 Å². The molecule has 2 aliphatic rings. The van der Waals surface area contributed by atoms with Crippen molar-refractivity contribution in [2.45, 2.75) is 38.6 Å². The second kappa shape index (κ2) is 6.41. The predicted molar refractivity (Wildman–Crippen MR) is 86.3 cm³/mol. The lowest BCUT2D eigenvalue weighted by Crippen LogP contribution is -2.41. The number of carbonyl (C=O) groups excluding carboxylic acids is 1. The van der Waals surface area contributed by atoms with E-state index < -0.39 is 5.97 Å². The van der Waals surface area contributed by atoms with Crippen molar-refractivity contribution in [3.8, 4) is 0 Å². The third-order valence-corrected chi connectivity index (χ3v) is 5.64. The second-order valence-electron chi connectivity index (χ2n) is 6.29. The zero-order valence-electron chi connectivity index (χ0n) is 12.4. The minimum Gasteiger partial charge on any atom is -0.481 e. The monoisotopic (exact) mass is 365 g/mol. The average Bonchev–Trinajstić information content (AvgIpc) is 2.54. The summed E-state index contributed by atoms with van der Waals surface area (Å²) in [5.74, 6) is -1.10. The molecule has 1 aromatic rings. The molecule has 4 nitrogen and oxygen atoms in total. The zero-order chi connectivity index (χ0) is 15.7. The smallest absolute Gasteiger partial charge is 0.306 e. The van der Waals surface area contributed by atoms with E-state index >= 15 is 0 Å². The van der Waals surface area contributed by atoms with E-state index in [0.717, 1.165) is 30.3 Å². The largest absolute Gasteiger partial charge is 0.481 e. The van der Waals surface area contributed by atoms with Crippen molar-refractivity contribution in [1.82, 2.24) is 4.90 Å². The van der Waals surface area contributed by atoms with Crippen LogP contribution in [0.2, 0.25) is 0 Å². The van der Waals surface area contributed by atoms with Gasteiger partial charge < -0.3 is 10.0 Å². The fourth-order valence-electron chi connectivity index (χ4n) is 3.65. The lowest BCUT2D eigenvalue weighted by molar-refractivity contribution is -0.145. The third-order valence-electron chi connectivity index (χ3n) is 4.89. The van der Waals surface area contributed by atoms with Crippen LogP contribution in [0.1, 0.15) is 36.8 Å². The summed E-state index contributed by atoms with van der Waals surface area (Å²) in [7, 11) is 0. The van der Waals surface area contributed by atoms with Gasteiger partial charge in [0.2, 0.25) is 5.91 Å². The number of hydrogen-bond donors (Lipinski definition) is 1. The van der Waals surface area contributed by atoms with Crippen LogP contribution in [0.4, 0.5) is 0 Å². The van der Waals surface area contributed by atoms with Crippen LogP contribution in [-0.4, -0.2) is 28.4 Å². The number of benzene rings is 1. The Labute approximate surface area is 138 Å². The van der Waals surface area contributed by atoms with E-state index in [4.69, 9.17) is 0 Å². The number of hydrogen-bond acceptors (Lipinski definition) is 2. The first kappa shape index (κ1) is 15.5. The van der Waals surface area contributed by atoms with Crippen molar-refractivity contribution in [3.05, 3.63) is 33.8 Å². The number of carboxylic acids is 1. The molecule has 1 aromatic carbocycles. The number of rotatable bonds is 2. The first-order valence-corrected chi connectivity index (χ1v) is 8.63. The summed E-state index contributed by atoms with van der Waals surface area (Å²) in [6, 6.07) is 6.10. The molecule has 2 unspecified atom stereocenters. The van der Waals surface area contributed by atoms with E-state index in [1.54, 1.807) is 0 Å². The molecule has 118 valence electrons. The van der Waals surface area contributed by atoms with Crippen LogP contribution in [0.15, 0.2) is 22.7 Å². The SMILES string of the molecule is O=C(O)C1CCCC(C(=O)N2CCc3c(Br)cccc3C2)C1. The molecular weight excluding hydrogens is 346 g/mol. The Morgan fingerprint density at radius 1 is 1.23 bits per heavy atom. The fourth-order valence-corrected chi connectivity index (χ4v) is 4.25. The van der Waals surface area contributed by atoms with Crippen molar-refractivity contribution in [2.24, 2.45) is 11.8 Å². The summed E-state index contributed by atoms with van der Waals surface area (Å²) in [6.07, 6.45) is 3.72. The number of carbonyl (C=O) groups is 2. The van der Waals surface area contributed by atoms with E-state index in [1.807, 2.05) is 17.0 Å². The van der Waals surface area contributed by atoms with Gasteiger partial charge in [0.1, 0.15) is 0 Å². The van der Waals surface area contributed by atoms with Crippen LogP contribution >= 0.6 is 15.9 Å². The maximum absolute atomic E-state index is 12.7. The highest BCUT2D eigenvalue weighted by Crippen LogP contribution is 2.33. The molecule has 1 aliphatic carbocycles. The highest BCUT2D eigenvalue weighted by Gasteiger charge is 2.34. The molecule has 1 N–H and O–H groups in total. The Kier molecular flexibility index (Phi) is 4.52. The van der Waals surface area contributed by atoms with Crippen LogP contribution in [0.3, 0.4) is 0 Å². The number of aliphatic carboxylic acids is 1. The molecule has 1 aliphatic heterocycles. The lowest BCUT2D eigenvalue weighted by atomic mass is 9.80. The molecule has 0 saturated heterocycles. The van der Waals surface area contributed by atoms with Gasteiger partial charge in [0.15, 0.2) is 0 Å². The predicted octanol–water partition coefficient (Wildman–Crippen LogP) is 3.22. The number of carboxylic acid groups (broad SMARTS) is 1. The van der Waals surface area contributed by atoms with Gasteiger partial charge >= 0.3 is 5.97 Å². The summed E-state index contributed by atoms with van der Waals surface area (Å²) >= 11 is 3.57. The van der Waals surface area contributed by atoms with Crippen LogP contribution in [-0.2, 0) is 22.6 Å². The molecule has 0 spiro atoms. The number of amides is 1. The van der Waals surface area contributed by atoms with E-state index in [9.17, 15) is 14.7 Å². The summed E-state index contributed by atoms with van der Waals surface area (Å²) in [5.41, 5.74) is 2.48. The standard InChI is InChI=1S/C17H20BrNO3/c18-15-6-2-5-13-10-19(8-7-14(13)15)16(20)11-3-1-4-12(9-11)17(21)22/h2,5-6,11-12H,1,3-4,7-10H2,(H,21,22). The summed E-state index contributed by atoms with van der Waals surface area (Å²) in [5, 5.41) is 9.18. The van der Waals surface area contributed by atoms with Crippen LogP contribution in [0.25, 0.3) is 0 Å². The Bertz CT molecular complexity index is 602. The zero-order valence-corrected chi connectivity index (χ0v) is 14.0. The van der Waals surface area contributed by atoms with E-state index in [0.29, 0.717) is 19.4 Å². The molecule has 3 rings (SSSR count). The van der Waals surface area contributed by atoms with Gasteiger partial charge in [-0.15, -0.1) is 0 Å². The van der Waals surface area contributed by atoms with Gasteiger partial charge in [-0.25, -0.2) is 0 Å². The highest BCUT2D eigenvalue weighted by molar-refractivity contribution is 9.10. The molecule has 1 saturated carbocycles. The Morgan fingerprint density at radius 3 is 2.77 bits per heavy atom. The number of fused-ring (bicyclic) bond motifs is 1. The minimum atomic E-state index is -0.759. The number of halogens is 1. The lowest BCUT2D eigenvalue weighted by Gasteiger charge is -2.34. The maximum Gasteiger partial charge on any atom is 0.306 e. The maximum atomic E-state index is 12.7. The molecule has 1 amide bonds. The molecule has 0 aromatic heterocycles. The van der Waals surface area contributed by atoms with Crippen molar-refractivity contribution < 1.29 is 14.7 Å².